The van der Waals surface area contributed by atoms with Crippen LogP contribution in [0.25, 0.3) is 245 Å². The average molecular weight is 1660 g/mol. The van der Waals surface area contributed by atoms with E-state index in [0.717, 1.165) is 118 Å². The molecule has 0 amide bonds. The van der Waals surface area contributed by atoms with Crippen LogP contribution in [0.2, 0.25) is 0 Å². The molecule has 0 atom stereocenters. The van der Waals surface area contributed by atoms with Gasteiger partial charge < -0.3 is 13.7 Å². The fourth-order valence-corrected chi connectivity index (χ4v) is 22.5. The molecule has 9 heterocycles. The Morgan fingerprint density at radius 1 is 0.159 bits per heavy atom. The molecule has 26 rings (SSSR count). The fraction of sp³-hybridized carbons (Fsp3) is 0. The van der Waals surface area contributed by atoms with Crippen molar-refractivity contribution < 1.29 is 0 Å². The Hall–Kier alpha value is -16.0. The maximum absolute atomic E-state index is 5.43. The largest absolute Gasteiger partial charge is 0.308 e. The van der Waals surface area contributed by atoms with E-state index < -0.39 is 0 Å². The van der Waals surface area contributed by atoms with Crippen LogP contribution in [0.5, 0.6) is 0 Å². The molecule has 0 aliphatic heterocycles. The number of fused-ring (bicyclic) bond motifs is 21. The molecule has 0 spiro atoms. The van der Waals surface area contributed by atoms with Gasteiger partial charge in [-0.05, 0) is 91.0 Å². The molecule has 0 N–H and O–H groups in total. The lowest BCUT2D eigenvalue weighted by molar-refractivity contribution is 1.13. The summed E-state index contributed by atoms with van der Waals surface area (Å²) in [5.41, 5.74) is 24.0. The van der Waals surface area contributed by atoms with Gasteiger partial charge >= 0.3 is 0 Å². The predicted octanol–water partition coefficient (Wildman–Crippen LogP) is 31.1. The number of hydrogen-bond donors (Lipinski definition) is 0. The summed E-state index contributed by atoms with van der Waals surface area (Å²) in [5, 5.41) is 14.9. The Balaban J connectivity index is 0.000000137. The maximum atomic E-state index is 5.43. The number of hydrogen-bond acceptors (Lipinski definition) is 9. The lowest BCUT2D eigenvalue weighted by Gasteiger charge is -2.16. The van der Waals surface area contributed by atoms with Crippen molar-refractivity contribution in [2.24, 2.45) is 0 Å². The molecule has 12 heteroatoms. The highest BCUT2D eigenvalue weighted by atomic mass is 32.1. The molecule has 0 unspecified atom stereocenters. The molecule has 9 nitrogen and oxygen atoms in total. The minimum Gasteiger partial charge on any atom is -0.308 e. The zero-order valence-corrected chi connectivity index (χ0v) is 70.0. The first kappa shape index (κ1) is 72.8. The van der Waals surface area contributed by atoms with Gasteiger partial charge in [-0.3, -0.25) is 0 Å². The van der Waals surface area contributed by atoms with Gasteiger partial charge in [0.2, 0.25) is 0 Å². The molecule has 0 aliphatic rings. The van der Waals surface area contributed by atoms with Crippen LogP contribution in [0.4, 0.5) is 0 Å². The molecule has 126 heavy (non-hydrogen) atoms. The van der Waals surface area contributed by atoms with Crippen molar-refractivity contribution in [2.75, 3.05) is 0 Å². The smallest absolute Gasteiger partial charge is 0.160 e. The monoisotopic (exact) mass is 1660 g/mol. The van der Waals surface area contributed by atoms with Crippen molar-refractivity contribution in [3.05, 3.63) is 419 Å². The van der Waals surface area contributed by atoms with Crippen molar-refractivity contribution in [2.45, 2.75) is 0 Å². The first-order valence-electron chi connectivity index (χ1n) is 42.3. The molecule has 0 fully saturated rings. The van der Waals surface area contributed by atoms with Gasteiger partial charge in [0.1, 0.15) is 0 Å². The minimum atomic E-state index is 0.614. The van der Waals surface area contributed by atoms with Crippen LogP contribution in [0.1, 0.15) is 0 Å². The summed E-state index contributed by atoms with van der Waals surface area (Å²) in [5.74, 6) is 1.90. The Bertz CT molecular complexity index is 8310. The van der Waals surface area contributed by atoms with Gasteiger partial charge in [0.15, 0.2) is 17.5 Å². The van der Waals surface area contributed by atoms with Gasteiger partial charge in [-0.1, -0.05) is 328 Å². The lowest BCUT2D eigenvalue weighted by Crippen LogP contribution is -2.02. The summed E-state index contributed by atoms with van der Waals surface area (Å²) in [4.78, 5) is 32.2. The molecule has 0 bridgehead atoms. The van der Waals surface area contributed by atoms with E-state index in [1.54, 1.807) is 0 Å². The number of aromatic nitrogens is 9. The van der Waals surface area contributed by atoms with Crippen LogP contribution in [0.3, 0.4) is 0 Å². The highest BCUT2D eigenvalue weighted by Crippen LogP contribution is 2.49. The predicted molar refractivity (Wildman–Crippen MR) is 530 cm³/mol. The van der Waals surface area contributed by atoms with Crippen LogP contribution in [0.15, 0.2) is 419 Å². The van der Waals surface area contributed by atoms with Crippen molar-refractivity contribution >= 4 is 160 Å². The van der Waals surface area contributed by atoms with E-state index in [1.807, 2.05) is 58.3 Å². The maximum Gasteiger partial charge on any atom is 0.160 e. The minimum absolute atomic E-state index is 0.614. The number of rotatable bonds is 12. The van der Waals surface area contributed by atoms with Gasteiger partial charge in [0, 0.05) is 146 Å². The number of thiophene rings is 3. The van der Waals surface area contributed by atoms with E-state index in [9.17, 15) is 0 Å². The second-order valence-electron chi connectivity index (χ2n) is 32.0. The first-order valence-corrected chi connectivity index (χ1v) is 44.7. The molecular weight excluding hydrogens is 1590 g/mol. The Labute approximate surface area is 735 Å². The summed E-state index contributed by atoms with van der Waals surface area (Å²) in [6.07, 6.45) is 0. The molecule has 0 saturated carbocycles. The van der Waals surface area contributed by atoms with E-state index in [1.165, 1.54) is 109 Å². The topological polar surface area (TPSA) is 92.1 Å². The fourth-order valence-electron chi connectivity index (χ4n) is 18.7. The van der Waals surface area contributed by atoms with Crippen molar-refractivity contribution in [3.8, 4) is 119 Å². The molecule has 588 valence electrons. The standard InChI is InChI=1S/C58H34N4S2.C56H35N5S/c1-3-15-35(16-4-1)48-34-49(36-17-5-2-6-18-36)60-58(59-48)37-31-38(61-50-23-11-7-19-40(50)44-27-29-46-42-21-9-13-25-52(42)63-56(46)54(44)61)33-39(32-37)62-51-24-12-8-20-41(51)45-28-30-47-43-22-10-14-26-53(43)64-57(47)55(45)62;1-5-17-36(18-6-1)47-34-48(37-19-7-2-8-20-37)58-55(57-47)40-31-41(56-59-49(38-21-9-3-10-22-38)35-50(60-56)39-23-11-4-12-24-39)33-42(32-40)61-51-27-15-13-25-43(51)45-29-30-46-44-26-14-16-28-52(44)62-54(46)53(45)61/h1-34H;1-35H. The highest BCUT2D eigenvalue weighted by molar-refractivity contribution is 7.27. The third kappa shape index (κ3) is 12.3. The van der Waals surface area contributed by atoms with Gasteiger partial charge in [-0.25, -0.2) is 29.9 Å². The van der Waals surface area contributed by atoms with Crippen LogP contribution < -0.4 is 0 Å². The van der Waals surface area contributed by atoms with Gasteiger partial charge in [-0.15, -0.1) is 34.0 Å². The summed E-state index contributed by atoms with van der Waals surface area (Å²) >= 11 is 5.59. The summed E-state index contributed by atoms with van der Waals surface area (Å²) in [7, 11) is 0. The van der Waals surface area contributed by atoms with Crippen molar-refractivity contribution in [3.63, 3.8) is 0 Å². The Morgan fingerprint density at radius 3 is 0.643 bits per heavy atom. The summed E-state index contributed by atoms with van der Waals surface area (Å²) in [6, 6.07) is 149. The molecule has 17 aromatic carbocycles. The molecule has 26 aromatic rings. The van der Waals surface area contributed by atoms with E-state index in [4.69, 9.17) is 29.9 Å². The van der Waals surface area contributed by atoms with Crippen LogP contribution >= 0.6 is 34.0 Å². The quantitative estimate of drug-likeness (QED) is 0.121. The zero-order valence-electron chi connectivity index (χ0n) is 67.6. The second kappa shape index (κ2) is 30.0. The third-order valence-corrected chi connectivity index (χ3v) is 28.1. The third-order valence-electron chi connectivity index (χ3n) is 24.5. The van der Waals surface area contributed by atoms with Gasteiger partial charge in [-0.2, -0.15) is 0 Å². The zero-order chi connectivity index (χ0) is 82.9. The molecule has 0 saturated heterocycles. The molecule has 9 aromatic heterocycles. The SMILES string of the molecule is c1ccc(-c2cc(-c3ccccc3)nc(-c3cc(-c4nc(-c5ccccc5)cc(-c5ccccc5)n4)cc(-n4c5ccccc5c5ccc6c7ccccc7sc6c54)c3)n2)cc1.c1ccc(-c2cc(-c3ccccc3)nc(-c3cc(-n4c5ccccc5c5ccc6c7ccccc7sc6c54)cc(-n4c5ccccc5c5ccc6c7ccccc7sc6c54)c3)n2)cc1. The van der Waals surface area contributed by atoms with Crippen LogP contribution in [-0.4, -0.2) is 43.6 Å². The summed E-state index contributed by atoms with van der Waals surface area (Å²) < 4.78 is 15.1. The average Bonchev–Trinajstić information content (AvgIpc) is 1.56. The van der Waals surface area contributed by atoms with Crippen molar-refractivity contribution in [1.29, 1.82) is 0 Å². The number of benzene rings is 17. The van der Waals surface area contributed by atoms with E-state index in [2.05, 4.69) is 408 Å². The number of nitrogens with zero attached hydrogens (tertiary/aromatic N) is 9. The Morgan fingerprint density at radius 2 is 0.373 bits per heavy atom. The molecule has 0 aliphatic carbocycles. The van der Waals surface area contributed by atoms with Crippen LogP contribution in [-0.2, 0) is 0 Å². The van der Waals surface area contributed by atoms with Gasteiger partial charge in [0.05, 0.1) is 81.4 Å². The van der Waals surface area contributed by atoms with Crippen LogP contribution in [0, 0.1) is 0 Å². The van der Waals surface area contributed by atoms with E-state index in [0.29, 0.717) is 17.5 Å². The van der Waals surface area contributed by atoms with E-state index >= 15 is 0 Å². The van der Waals surface area contributed by atoms with Crippen molar-refractivity contribution in [1.82, 2.24) is 43.6 Å². The second-order valence-corrected chi connectivity index (χ2v) is 35.1. The lowest BCUT2D eigenvalue weighted by atomic mass is 10.0. The first-order chi connectivity index (χ1) is 62.4. The Kier molecular flexibility index (Phi) is 17.3. The normalized spacial score (nSPS) is 11.8. The number of para-hydroxylation sites is 3. The molecular formula is C114H69N9S3. The highest BCUT2D eigenvalue weighted by Gasteiger charge is 2.27. The van der Waals surface area contributed by atoms with Gasteiger partial charge in [0.25, 0.3) is 0 Å². The summed E-state index contributed by atoms with van der Waals surface area (Å²) in [6.45, 7) is 0. The van der Waals surface area contributed by atoms with E-state index in [-0.39, 0.29) is 0 Å². The molecule has 0 radical (unpaired) electrons.